The maximum atomic E-state index is 12.3. The van der Waals surface area contributed by atoms with Gasteiger partial charge in [-0.15, -0.1) is 0 Å². The summed E-state index contributed by atoms with van der Waals surface area (Å²) in [6.07, 6.45) is 3.00. The van der Waals surface area contributed by atoms with E-state index >= 15 is 0 Å². The molecule has 2 aromatic rings. The Kier molecular flexibility index (Phi) is 9.00. The molecule has 1 aliphatic rings. The number of benzene rings is 2. The highest BCUT2D eigenvalue weighted by Gasteiger charge is 2.19. The van der Waals surface area contributed by atoms with E-state index in [4.69, 9.17) is 21.1 Å². The molecule has 180 valence electrons. The van der Waals surface area contributed by atoms with Gasteiger partial charge in [0, 0.05) is 29.4 Å². The summed E-state index contributed by atoms with van der Waals surface area (Å²) in [5, 5.41) is 9.50. The van der Waals surface area contributed by atoms with Crippen molar-refractivity contribution in [3.05, 3.63) is 58.1 Å². The van der Waals surface area contributed by atoms with Gasteiger partial charge in [0.1, 0.15) is 5.75 Å². The predicted octanol–water partition coefficient (Wildman–Crippen LogP) is 2.72. The zero-order valence-corrected chi connectivity index (χ0v) is 19.8. The van der Waals surface area contributed by atoms with Crippen LogP contribution in [0.4, 0.5) is 5.69 Å². The van der Waals surface area contributed by atoms with E-state index in [9.17, 15) is 14.4 Å². The fourth-order valence-corrected chi connectivity index (χ4v) is 3.40. The molecule has 3 rings (SSSR count). The molecule has 1 aliphatic heterocycles. The van der Waals surface area contributed by atoms with Crippen molar-refractivity contribution in [2.75, 3.05) is 25.1 Å². The van der Waals surface area contributed by atoms with Gasteiger partial charge in [0.15, 0.2) is 6.61 Å². The molecule has 0 spiro atoms. The number of hydrogen-bond acceptors (Lipinski definition) is 6. The Morgan fingerprint density at radius 2 is 1.97 bits per heavy atom. The number of hydrogen-bond donors (Lipinski definition) is 3. The number of halogens is 1. The van der Waals surface area contributed by atoms with E-state index in [0.29, 0.717) is 28.6 Å². The SMILES string of the molecule is Cc1ccc(NC(=O)COc2ccc(Cl)cc2/C=N\NC(=O)C(=O)NC[C@H]2CCCO2)cc1C. The standard InChI is InChI=1S/C24H27ClN4O5/c1-15-5-7-19(10-16(15)2)28-22(30)14-34-21-8-6-18(25)11-17(21)12-27-29-24(32)23(31)26-13-20-4-3-9-33-20/h5-8,10-12,20H,3-4,9,13-14H2,1-2H3,(H,26,31)(H,28,30)(H,29,32)/b27-12-/t20-/m1/s1. The van der Waals surface area contributed by atoms with Crippen molar-refractivity contribution in [1.29, 1.82) is 0 Å². The highest BCUT2D eigenvalue weighted by atomic mass is 35.5. The highest BCUT2D eigenvalue weighted by Crippen LogP contribution is 2.22. The van der Waals surface area contributed by atoms with Crippen molar-refractivity contribution >= 4 is 41.2 Å². The minimum absolute atomic E-state index is 0.0707. The number of amides is 3. The molecular weight excluding hydrogens is 460 g/mol. The van der Waals surface area contributed by atoms with Crippen LogP contribution >= 0.6 is 11.6 Å². The van der Waals surface area contributed by atoms with Gasteiger partial charge in [-0.2, -0.15) is 5.10 Å². The number of anilines is 1. The second-order valence-corrected chi connectivity index (χ2v) is 8.30. The molecule has 0 unspecified atom stereocenters. The van der Waals surface area contributed by atoms with Gasteiger partial charge in [-0.05, 0) is 68.1 Å². The summed E-state index contributed by atoms with van der Waals surface area (Å²) in [5.74, 6) is -1.72. The molecule has 3 N–H and O–H groups in total. The third kappa shape index (κ3) is 7.57. The Hall–Kier alpha value is -3.43. The molecule has 0 bridgehead atoms. The number of nitrogens with zero attached hydrogens (tertiary/aromatic N) is 1. The zero-order valence-electron chi connectivity index (χ0n) is 19.0. The van der Waals surface area contributed by atoms with Crippen molar-refractivity contribution in [3.63, 3.8) is 0 Å². The van der Waals surface area contributed by atoms with Gasteiger partial charge in [0.05, 0.1) is 12.3 Å². The van der Waals surface area contributed by atoms with Crippen LogP contribution in [-0.2, 0) is 19.1 Å². The summed E-state index contributed by atoms with van der Waals surface area (Å²) in [6, 6.07) is 10.4. The molecule has 0 saturated carbocycles. The van der Waals surface area contributed by atoms with Crippen LogP contribution in [0.1, 0.15) is 29.5 Å². The minimum atomic E-state index is -0.911. The average Bonchev–Trinajstić information content (AvgIpc) is 3.33. The Morgan fingerprint density at radius 1 is 1.15 bits per heavy atom. The van der Waals surface area contributed by atoms with E-state index in [0.717, 1.165) is 24.0 Å². The van der Waals surface area contributed by atoms with Crippen LogP contribution < -0.4 is 20.8 Å². The lowest BCUT2D eigenvalue weighted by Gasteiger charge is -2.11. The first-order chi connectivity index (χ1) is 16.3. The molecule has 2 aromatic carbocycles. The van der Waals surface area contributed by atoms with Crippen LogP contribution in [-0.4, -0.2) is 49.8 Å². The molecule has 1 saturated heterocycles. The summed E-state index contributed by atoms with van der Waals surface area (Å²) in [7, 11) is 0. The van der Waals surface area contributed by atoms with E-state index in [1.807, 2.05) is 32.0 Å². The lowest BCUT2D eigenvalue weighted by atomic mass is 10.1. The molecule has 34 heavy (non-hydrogen) atoms. The molecule has 10 heteroatoms. The Balaban J connectivity index is 1.52. The molecule has 0 aliphatic carbocycles. The lowest BCUT2D eigenvalue weighted by Crippen LogP contribution is -2.41. The van der Waals surface area contributed by atoms with E-state index in [1.54, 1.807) is 18.2 Å². The van der Waals surface area contributed by atoms with Crippen LogP contribution in [0.2, 0.25) is 5.02 Å². The first-order valence-electron chi connectivity index (χ1n) is 10.8. The number of rotatable bonds is 8. The smallest absolute Gasteiger partial charge is 0.329 e. The quantitative estimate of drug-likeness (QED) is 0.301. The van der Waals surface area contributed by atoms with Gasteiger partial charge in [-0.1, -0.05) is 17.7 Å². The Labute approximate surface area is 202 Å². The monoisotopic (exact) mass is 486 g/mol. The third-order valence-corrected chi connectivity index (χ3v) is 5.45. The molecule has 9 nitrogen and oxygen atoms in total. The highest BCUT2D eigenvalue weighted by molar-refractivity contribution is 6.35. The molecule has 0 aromatic heterocycles. The Bertz CT molecular complexity index is 1080. The van der Waals surface area contributed by atoms with Crippen molar-refractivity contribution in [1.82, 2.24) is 10.7 Å². The van der Waals surface area contributed by atoms with Crippen molar-refractivity contribution in [2.24, 2.45) is 5.10 Å². The summed E-state index contributed by atoms with van der Waals surface area (Å²) < 4.78 is 11.0. The summed E-state index contributed by atoms with van der Waals surface area (Å²) in [4.78, 5) is 36.1. The molecule has 1 atom stereocenters. The fourth-order valence-electron chi connectivity index (χ4n) is 3.21. The molecule has 1 fully saturated rings. The second-order valence-electron chi connectivity index (χ2n) is 7.86. The Morgan fingerprint density at radius 3 is 2.71 bits per heavy atom. The number of carbonyl (C=O) groups excluding carboxylic acids is 3. The first kappa shape index (κ1) is 25.2. The number of nitrogens with one attached hydrogen (secondary N) is 3. The molecule has 1 heterocycles. The van der Waals surface area contributed by atoms with Crippen molar-refractivity contribution in [3.8, 4) is 5.75 Å². The lowest BCUT2D eigenvalue weighted by molar-refractivity contribution is -0.139. The number of ether oxygens (including phenoxy) is 2. The molecule has 0 radical (unpaired) electrons. The number of aryl methyl sites for hydroxylation is 2. The van der Waals surface area contributed by atoms with Crippen LogP contribution in [0.5, 0.6) is 5.75 Å². The van der Waals surface area contributed by atoms with Crippen LogP contribution in [0.15, 0.2) is 41.5 Å². The second kappa shape index (κ2) is 12.2. The van der Waals surface area contributed by atoms with Gasteiger partial charge in [0.25, 0.3) is 5.91 Å². The van der Waals surface area contributed by atoms with Crippen LogP contribution in [0.25, 0.3) is 0 Å². The van der Waals surface area contributed by atoms with E-state index in [1.165, 1.54) is 6.21 Å². The van der Waals surface area contributed by atoms with Crippen molar-refractivity contribution in [2.45, 2.75) is 32.8 Å². The largest absolute Gasteiger partial charge is 0.483 e. The number of hydrazone groups is 1. The zero-order chi connectivity index (χ0) is 24.5. The normalized spacial score (nSPS) is 15.2. The number of carbonyl (C=O) groups is 3. The summed E-state index contributed by atoms with van der Waals surface area (Å²) >= 11 is 6.05. The van der Waals surface area contributed by atoms with E-state index < -0.39 is 11.8 Å². The van der Waals surface area contributed by atoms with Gasteiger partial charge in [-0.25, -0.2) is 5.43 Å². The average molecular weight is 487 g/mol. The first-order valence-corrected chi connectivity index (χ1v) is 11.2. The minimum Gasteiger partial charge on any atom is -0.483 e. The van der Waals surface area contributed by atoms with Crippen molar-refractivity contribution < 1.29 is 23.9 Å². The third-order valence-electron chi connectivity index (χ3n) is 5.21. The molecular formula is C24H27ClN4O5. The van der Waals surface area contributed by atoms with E-state index in [2.05, 4.69) is 21.2 Å². The topological polar surface area (TPSA) is 118 Å². The maximum Gasteiger partial charge on any atom is 0.329 e. The van der Waals surface area contributed by atoms with Crippen LogP contribution in [0.3, 0.4) is 0 Å². The van der Waals surface area contributed by atoms with Gasteiger partial charge in [0.2, 0.25) is 0 Å². The fraction of sp³-hybridized carbons (Fsp3) is 0.333. The molecule has 3 amide bonds. The maximum absolute atomic E-state index is 12.3. The van der Waals surface area contributed by atoms with E-state index in [-0.39, 0.29) is 25.2 Å². The van der Waals surface area contributed by atoms with Gasteiger partial charge < -0.3 is 20.1 Å². The van der Waals surface area contributed by atoms with Gasteiger partial charge in [-0.3, -0.25) is 14.4 Å². The van der Waals surface area contributed by atoms with Crippen LogP contribution in [0, 0.1) is 13.8 Å². The summed E-state index contributed by atoms with van der Waals surface area (Å²) in [5.41, 5.74) is 5.46. The predicted molar refractivity (Wildman–Crippen MR) is 129 cm³/mol. The van der Waals surface area contributed by atoms with Gasteiger partial charge >= 0.3 is 11.8 Å². The summed E-state index contributed by atoms with van der Waals surface area (Å²) in [6.45, 7) is 4.65.